The highest BCUT2D eigenvalue weighted by molar-refractivity contribution is 6.02. The van der Waals surface area contributed by atoms with Crippen molar-refractivity contribution in [2.24, 2.45) is 5.16 Å². The summed E-state index contributed by atoms with van der Waals surface area (Å²) < 4.78 is 6.84. The number of aliphatic hydroxyl groups is 1. The Morgan fingerprint density at radius 2 is 1.92 bits per heavy atom. The summed E-state index contributed by atoms with van der Waals surface area (Å²) in [5.74, 6) is -0.726. The van der Waals surface area contributed by atoms with E-state index in [1.165, 1.54) is 19.3 Å². The SMILES string of the molecule is CC[C@@]1(O)C(=O)OCc2c1cc1n(c2=O)Cc2c-1nc1ccccc1c2/C=N/OC1CCCCCCC1. The first kappa shape index (κ1) is 23.9. The third-order valence-corrected chi connectivity index (χ3v) is 8.08. The van der Waals surface area contributed by atoms with E-state index in [4.69, 9.17) is 14.6 Å². The molecule has 4 heterocycles. The zero-order chi connectivity index (χ0) is 25.6. The monoisotopic (exact) mass is 501 g/mol. The number of ether oxygens (including phenoxy) is 1. The maximum Gasteiger partial charge on any atom is 0.343 e. The summed E-state index contributed by atoms with van der Waals surface area (Å²) in [4.78, 5) is 36.9. The van der Waals surface area contributed by atoms with E-state index in [1.54, 1.807) is 23.8 Å². The predicted octanol–water partition coefficient (Wildman–Crippen LogP) is 4.54. The van der Waals surface area contributed by atoms with Gasteiger partial charge in [-0.3, -0.25) is 4.79 Å². The fourth-order valence-corrected chi connectivity index (χ4v) is 5.90. The van der Waals surface area contributed by atoms with Gasteiger partial charge in [-0.1, -0.05) is 49.5 Å². The smallest absolute Gasteiger partial charge is 0.343 e. The minimum atomic E-state index is -1.85. The van der Waals surface area contributed by atoms with Crippen LogP contribution in [0.3, 0.4) is 0 Å². The number of carbonyl (C=O) groups is 1. The number of cyclic esters (lactones) is 1. The molecule has 0 radical (unpaired) electrons. The third kappa shape index (κ3) is 3.94. The third-order valence-electron chi connectivity index (χ3n) is 8.08. The normalized spacial score (nSPS) is 21.7. The number of esters is 1. The van der Waals surface area contributed by atoms with Crippen molar-refractivity contribution in [1.82, 2.24) is 9.55 Å². The molecule has 0 saturated heterocycles. The molecule has 1 fully saturated rings. The predicted molar refractivity (Wildman–Crippen MR) is 139 cm³/mol. The summed E-state index contributed by atoms with van der Waals surface area (Å²) in [7, 11) is 0. The van der Waals surface area contributed by atoms with Gasteiger partial charge in [0.15, 0.2) is 5.60 Å². The lowest BCUT2D eigenvalue weighted by Crippen LogP contribution is -2.44. The molecule has 6 rings (SSSR count). The number of oxime groups is 1. The van der Waals surface area contributed by atoms with Gasteiger partial charge < -0.3 is 19.2 Å². The number of rotatable bonds is 4. The average Bonchev–Trinajstić information content (AvgIpc) is 3.26. The number of aromatic nitrogens is 2. The molecule has 1 aliphatic carbocycles. The molecule has 37 heavy (non-hydrogen) atoms. The van der Waals surface area contributed by atoms with E-state index >= 15 is 0 Å². The fourth-order valence-electron chi connectivity index (χ4n) is 5.90. The van der Waals surface area contributed by atoms with Crippen LogP contribution < -0.4 is 5.56 Å². The highest BCUT2D eigenvalue weighted by Crippen LogP contribution is 2.39. The molecule has 0 spiro atoms. The van der Waals surface area contributed by atoms with Gasteiger partial charge in [0.2, 0.25) is 0 Å². The summed E-state index contributed by atoms with van der Waals surface area (Å²) in [5.41, 5.74) is 2.25. The van der Waals surface area contributed by atoms with Gasteiger partial charge in [-0.15, -0.1) is 0 Å². The van der Waals surface area contributed by atoms with Crippen molar-refractivity contribution >= 4 is 23.1 Å². The second-order valence-corrected chi connectivity index (χ2v) is 10.3. The van der Waals surface area contributed by atoms with Crippen molar-refractivity contribution in [3.63, 3.8) is 0 Å². The maximum atomic E-state index is 13.5. The molecule has 0 bridgehead atoms. The Labute approximate surface area is 214 Å². The minimum Gasteiger partial charge on any atom is -0.458 e. The Kier molecular flexibility index (Phi) is 6.07. The summed E-state index contributed by atoms with van der Waals surface area (Å²) in [6.45, 7) is 1.87. The van der Waals surface area contributed by atoms with Gasteiger partial charge in [-0.05, 0) is 44.2 Å². The molecule has 0 amide bonds. The van der Waals surface area contributed by atoms with Crippen LogP contribution in [0.15, 0.2) is 40.3 Å². The number of carbonyl (C=O) groups excluding carboxylic acids is 1. The van der Waals surface area contributed by atoms with Crippen molar-refractivity contribution in [2.75, 3.05) is 0 Å². The van der Waals surface area contributed by atoms with E-state index in [2.05, 4.69) is 5.16 Å². The molecule has 3 aromatic rings. The van der Waals surface area contributed by atoms with Crippen LogP contribution in [-0.4, -0.2) is 32.9 Å². The highest BCUT2D eigenvalue weighted by atomic mass is 16.6. The van der Waals surface area contributed by atoms with Crippen molar-refractivity contribution < 1.29 is 19.5 Å². The Balaban J connectivity index is 1.45. The van der Waals surface area contributed by atoms with Gasteiger partial charge >= 0.3 is 5.97 Å². The number of pyridine rings is 2. The first-order valence-electron chi connectivity index (χ1n) is 13.3. The number of para-hydroxylation sites is 1. The van der Waals surface area contributed by atoms with Crippen LogP contribution in [0.25, 0.3) is 22.3 Å². The van der Waals surface area contributed by atoms with E-state index in [9.17, 15) is 14.7 Å². The molecule has 2 aromatic heterocycles. The standard InChI is InChI=1S/C29H31N3O5/c1-2-29(35)23-14-25-26-21(16-32(25)27(33)22(23)17-36-28(29)34)20(19-12-8-9-13-24(19)31-26)15-30-37-18-10-6-4-3-5-7-11-18/h8-9,12-15,18,35H,2-7,10-11,16-17H2,1H3/b30-15+/t29-/m0/s1. The van der Waals surface area contributed by atoms with Crippen molar-refractivity contribution in [1.29, 1.82) is 0 Å². The Hall–Kier alpha value is -3.52. The fraction of sp³-hybridized carbons (Fsp3) is 0.448. The van der Waals surface area contributed by atoms with Gasteiger partial charge in [0.1, 0.15) is 12.7 Å². The zero-order valence-corrected chi connectivity index (χ0v) is 21.0. The summed E-state index contributed by atoms with van der Waals surface area (Å²) in [5, 5.41) is 16.5. The molecule has 192 valence electrons. The Bertz CT molecular complexity index is 1470. The molecular weight excluding hydrogens is 470 g/mol. The molecule has 1 saturated carbocycles. The lowest BCUT2D eigenvalue weighted by atomic mass is 9.86. The van der Waals surface area contributed by atoms with Crippen molar-refractivity contribution in [3.05, 3.63) is 62.9 Å². The molecular formula is C29H31N3O5. The summed E-state index contributed by atoms with van der Waals surface area (Å²) in [6, 6.07) is 9.55. The first-order chi connectivity index (χ1) is 18.0. The number of fused-ring (bicyclic) bond motifs is 5. The van der Waals surface area contributed by atoms with Gasteiger partial charge in [0.25, 0.3) is 5.56 Å². The molecule has 8 heteroatoms. The summed E-state index contributed by atoms with van der Waals surface area (Å²) in [6.07, 6.45) is 10.1. The molecule has 1 N–H and O–H groups in total. The molecule has 2 aliphatic heterocycles. The van der Waals surface area contributed by atoms with Crippen LogP contribution in [-0.2, 0) is 33.1 Å². The van der Waals surface area contributed by atoms with Crippen LogP contribution in [0.4, 0.5) is 0 Å². The van der Waals surface area contributed by atoms with E-state index in [0.717, 1.165) is 47.7 Å². The molecule has 0 unspecified atom stereocenters. The summed E-state index contributed by atoms with van der Waals surface area (Å²) >= 11 is 0. The van der Waals surface area contributed by atoms with Gasteiger partial charge in [-0.2, -0.15) is 0 Å². The molecule has 3 aliphatic rings. The van der Waals surface area contributed by atoms with Crippen LogP contribution >= 0.6 is 0 Å². The van der Waals surface area contributed by atoms with E-state index in [1.807, 2.05) is 24.3 Å². The zero-order valence-electron chi connectivity index (χ0n) is 21.0. The maximum absolute atomic E-state index is 13.5. The Morgan fingerprint density at radius 1 is 1.16 bits per heavy atom. The van der Waals surface area contributed by atoms with Crippen molar-refractivity contribution in [3.8, 4) is 11.4 Å². The van der Waals surface area contributed by atoms with Crippen LogP contribution in [0, 0.1) is 0 Å². The highest BCUT2D eigenvalue weighted by Gasteiger charge is 2.45. The molecule has 8 nitrogen and oxygen atoms in total. The van der Waals surface area contributed by atoms with Crippen LogP contribution in [0.2, 0.25) is 0 Å². The van der Waals surface area contributed by atoms with Crippen LogP contribution in [0.1, 0.15) is 80.5 Å². The van der Waals surface area contributed by atoms with Gasteiger partial charge in [0, 0.05) is 22.1 Å². The number of nitrogens with zero attached hydrogens (tertiary/aromatic N) is 3. The second-order valence-electron chi connectivity index (χ2n) is 10.3. The number of benzene rings is 1. The van der Waals surface area contributed by atoms with E-state index in [-0.39, 0.29) is 24.7 Å². The van der Waals surface area contributed by atoms with Crippen LogP contribution in [0.5, 0.6) is 0 Å². The first-order valence-corrected chi connectivity index (χ1v) is 13.3. The average molecular weight is 502 g/mol. The molecule has 1 aromatic carbocycles. The van der Waals surface area contributed by atoms with Gasteiger partial charge in [-0.25, -0.2) is 9.78 Å². The largest absolute Gasteiger partial charge is 0.458 e. The Morgan fingerprint density at radius 3 is 2.70 bits per heavy atom. The van der Waals surface area contributed by atoms with Crippen molar-refractivity contribution in [2.45, 2.75) is 83.1 Å². The minimum absolute atomic E-state index is 0.107. The molecule has 1 atom stereocenters. The topological polar surface area (TPSA) is 103 Å². The quantitative estimate of drug-likeness (QED) is 0.250. The van der Waals surface area contributed by atoms with Gasteiger partial charge in [0.05, 0.1) is 35.2 Å². The number of hydrogen-bond donors (Lipinski definition) is 1. The lowest BCUT2D eigenvalue weighted by molar-refractivity contribution is -0.172. The second kappa shape index (κ2) is 9.41. The van der Waals surface area contributed by atoms with E-state index in [0.29, 0.717) is 29.1 Å². The number of hydrogen-bond acceptors (Lipinski definition) is 7. The van der Waals surface area contributed by atoms with E-state index < -0.39 is 11.6 Å². The lowest BCUT2D eigenvalue weighted by Gasteiger charge is -2.31.